The summed E-state index contributed by atoms with van der Waals surface area (Å²) in [6.45, 7) is 5.06. The van der Waals surface area contributed by atoms with Gasteiger partial charge < -0.3 is 30.7 Å². The molecule has 0 unspecified atom stereocenters. The molecule has 0 spiro atoms. The lowest BCUT2D eigenvalue weighted by atomic mass is 10.0. The number of carboxylic acids is 1. The fourth-order valence-electron chi connectivity index (χ4n) is 4.31. The molecular weight excluding hydrogens is 578 g/mol. The summed E-state index contributed by atoms with van der Waals surface area (Å²) in [5, 5.41) is 20.8. The zero-order valence-corrected chi connectivity index (χ0v) is 22.3. The van der Waals surface area contributed by atoms with Crippen LogP contribution in [-0.4, -0.2) is 80.2 Å². The zero-order valence-electron chi connectivity index (χ0n) is 22.3. The summed E-state index contributed by atoms with van der Waals surface area (Å²) in [6.07, 6.45) is -7.75. The van der Waals surface area contributed by atoms with Crippen LogP contribution in [0.25, 0.3) is 22.4 Å². The van der Waals surface area contributed by atoms with Gasteiger partial charge in [-0.1, -0.05) is 12.1 Å². The molecule has 1 fully saturated rings. The molecule has 42 heavy (non-hydrogen) atoms. The van der Waals surface area contributed by atoms with Crippen LogP contribution in [0.4, 0.5) is 36.8 Å². The van der Waals surface area contributed by atoms with Crippen LogP contribution in [0.15, 0.2) is 30.6 Å². The van der Waals surface area contributed by atoms with Gasteiger partial charge in [0.05, 0.1) is 33.4 Å². The first-order valence-electron chi connectivity index (χ1n) is 12.2. The first kappa shape index (κ1) is 32.0. The Kier molecular flexibility index (Phi) is 8.93. The fourth-order valence-corrected chi connectivity index (χ4v) is 4.31. The molecule has 11 nitrogen and oxygen atoms in total. The third-order valence-electron chi connectivity index (χ3n) is 6.41. The lowest BCUT2D eigenvalue weighted by Crippen LogP contribution is -2.47. The van der Waals surface area contributed by atoms with E-state index in [0.29, 0.717) is 35.6 Å². The minimum absolute atomic E-state index is 0.0599. The number of H-pyrrole nitrogens is 1. The number of alkyl halides is 6. The number of benzene rings is 1. The van der Waals surface area contributed by atoms with Crippen molar-refractivity contribution in [3.63, 3.8) is 0 Å². The Hall–Kier alpha value is -4.57. The first-order valence-corrected chi connectivity index (χ1v) is 12.2. The van der Waals surface area contributed by atoms with Gasteiger partial charge >= 0.3 is 24.4 Å². The maximum absolute atomic E-state index is 13.1. The van der Waals surface area contributed by atoms with Gasteiger partial charge in [-0.05, 0) is 38.8 Å². The predicted molar refractivity (Wildman–Crippen MR) is 137 cm³/mol. The molecule has 1 saturated heterocycles. The van der Waals surface area contributed by atoms with Gasteiger partial charge in [0.2, 0.25) is 0 Å². The van der Waals surface area contributed by atoms with E-state index in [-0.39, 0.29) is 12.1 Å². The van der Waals surface area contributed by atoms with Crippen LogP contribution in [0.1, 0.15) is 36.2 Å². The third-order valence-corrected chi connectivity index (χ3v) is 6.41. The maximum Gasteiger partial charge on any atom is 0.490 e. The Morgan fingerprint density at radius 1 is 1.12 bits per heavy atom. The van der Waals surface area contributed by atoms with Gasteiger partial charge in [0, 0.05) is 25.5 Å². The standard InChI is InChI=1S/C23H25F3N6O3.C2HF3O2/c1-12-5-4-6-16-17(12)30-19(29-16)14-9-27-10-15(20(33)28-13(2)23(24,25)26)18(14)32-8-7-22(3,11-32)31-21(34)35;3-2(4,5)1(6)7/h4-6,9-10,13,31H,7-8,11H2,1-3H3,(H,28,33)(H,29,30)(H,34,35);(H,6,7)/t13-,22-;/m0./s1. The van der Waals surface area contributed by atoms with Crippen molar-refractivity contribution >= 4 is 34.7 Å². The molecule has 17 heteroatoms. The Labute approximate surface area is 233 Å². The lowest BCUT2D eigenvalue weighted by molar-refractivity contribution is -0.192. The van der Waals surface area contributed by atoms with Crippen molar-refractivity contribution < 1.29 is 50.9 Å². The number of halogens is 6. The second-order valence-electron chi connectivity index (χ2n) is 9.84. The van der Waals surface area contributed by atoms with Crippen LogP contribution in [0.5, 0.6) is 0 Å². The number of nitrogens with zero attached hydrogens (tertiary/aromatic N) is 3. The minimum Gasteiger partial charge on any atom is -0.475 e. The number of anilines is 1. The molecule has 1 aliphatic rings. The van der Waals surface area contributed by atoms with Crippen LogP contribution in [0.3, 0.4) is 0 Å². The Balaban J connectivity index is 0.000000616. The summed E-state index contributed by atoms with van der Waals surface area (Å²) in [7, 11) is 0. The number of imidazole rings is 1. The summed E-state index contributed by atoms with van der Waals surface area (Å²) >= 11 is 0. The van der Waals surface area contributed by atoms with Crippen molar-refractivity contribution in [1.29, 1.82) is 0 Å². The number of carboxylic acid groups (broad SMARTS) is 2. The van der Waals surface area contributed by atoms with E-state index in [4.69, 9.17) is 9.90 Å². The van der Waals surface area contributed by atoms with Crippen molar-refractivity contribution in [3.05, 3.63) is 41.7 Å². The molecule has 3 aromatic rings. The van der Waals surface area contributed by atoms with Gasteiger partial charge in [0.15, 0.2) is 0 Å². The number of amides is 2. The SMILES string of the molecule is Cc1cccc2[nH]c(-c3cncc(C(=O)N[C@@H](C)C(F)(F)F)c3N3CC[C@](C)(NC(=O)O)C3)nc12.O=C(O)C(F)(F)F. The molecular formula is C25H26F6N6O5. The van der Waals surface area contributed by atoms with E-state index < -0.39 is 41.9 Å². The van der Waals surface area contributed by atoms with Crippen molar-refractivity contribution in [2.45, 2.75) is 51.1 Å². The smallest absolute Gasteiger partial charge is 0.475 e. The number of carbonyl (C=O) groups is 3. The molecule has 2 amide bonds. The quantitative estimate of drug-likeness (QED) is 0.267. The third kappa shape index (κ3) is 7.38. The number of pyridine rings is 1. The first-order chi connectivity index (χ1) is 19.3. The normalized spacial score (nSPS) is 17.8. The van der Waals surface area contributed by atoms with Crippen LogP contribution in [-0.2, 0) is 4.79 Å². The number of rotatable bonds is 5. The van der Waals surface area contributed by atoms with E-state index in [1.54, 1.807) is 11.8 Å². The summed E-state index contributed by atoms with van der Waals surface area (Å²) < 4.78 is 71.1. The number of hydrogen-bond acceptors (Lipinski definition) is 6. The van der Waals surface area contributed by atoms with E-state index >= 15 is 0 Å². The molecule has 0 saturated carbocycles. The van der Waals surface area contributed by atoms with Gasteiger partial charge in [-0.2, -0.15) is 26.3 Å². The van der Waals surface area contributed by atoms with Crippen LogP contribution < -0.4 is 15.5 Å². The summed E-state index contributed by atoms with van der Waals surface area (Å²) in [5.41, 5.74) is 2.27. The second kappa shape index (κ2) is 11.7. The number of nitrogens with one attached hydrogen (secondary N) is 3. The van der Waals surface area contributed by atoms with Gasteiger partial charge in [-0.3, -0.25) is 9.78 Å². The maximum atomic E-state index is 13.1. The highest BCUT2D eigenvalue weighted by Crippen LogP contribution is 2.37. The Bertz CT molecular complexity index is 1490. The monoisotopic (exact) mass is 604 g/mol. The van der Waals surface area contributed by atoms with Gasteiger partial charge in [0.1, 0.15) is 11.9 Å². The minimum atomic E-state index is -5.08. The molecule has 228 valence electrons. The van der Waals surface area contributed by atoms with Crippen molar-refractivity contribution in [2.24, 2.45) is 0 Å². The molecule has 0 radical (unpaired) electrons. The number of para-hydroxylation sites is 1. The van der Waals surface area contributed by atoms with E-state index in [0.717, 1.165) is 18.0 Å². The molecule has 1 aliphatic heterocycles. The number of hydrogen-bond donors (Lipinski definition) is 5. The molecule has 4 rings (SSSR count). The van der Waals surface area contributed by atoms with Crippen LogP contribution in [0, 0.1) is 6.92 Å². The van der Waals surface area contributed by atoms with E-state index in [1.165, 1.54) is 12.4 Å². The summed E-state index contributed by atoms with van der Waals surface area (Å²) in [5.74, 6) is -3.30. The van der Waals surface area contributed by atoms with Crippen molar-refractivity contribution in [2.75, 3.05) is 18.0 Å². The average molecular weight is 605 g/mol. The number of aliphatic carboxylic acids is 1. The molecule has 0 bridgehead atoms. The molecule has 3 heterocycles. The average Bonchev–Trinajstić information content (AvgIpc) is 3.47. The molecule has 1 aromatic carbocycles. The molecule has 2 aromatic heterocycles. The summed E-state index contributed by atoms with van der Waals surface area (Å²) in [4.78, 5) is 47.0. The highest BCUT2D eigenvalue weighted by molar-refractivity contribution is 6.03. The number of aryl methyl sites for hydroxylation is 1. The van der Waals surface area contributed by atoms with Crippen molar-refractivity contribution in [3.8, 4) is 11.4 Å². The number of aromatic amines is 1. The largest absolute Gasteiger partial charge is 0.490 e. The zero-order chi connectivity index (χ0) is 31.6. The Morgan fingerprint density at radius 3 is 2.31 bits per heavy atom. The van der Waals surface area contributed by atoms with Crippen LogP contribution in [0.2, 0.25) is 0 Å². The molecule has 5 N–H and O–H groups in total. The van der Waals surface area contributed by atoms with Crippen LogP contribution >= 0.6 is 0 Å². The van der Waals surface area contributed by atoms with E-state index in [9.17, 15) is 41.0 Å². The molecule has 2 atom stereocenters. The van der Waals surface area contributed by atoms with Crippen molar-refractivity contribution in [1.82, 2.24) is 25.6 Å². The van der Waals surface area contributed by atoms with Gasteiger partial charge in [0.25, 0.3) is 5.91 Å². The highest BCUT2D eigenvalue weighted by Gasteiger charge is 2.40. The van der Waals surface area contributed by atoms with E-state index in [1.807, 2.05) is 30.4 Å². The highest BCUT2D eigenvalue weighted by atomic mass is 19.4. The number of aromatic nitrogens is 3. The Morgan fingerprint density at radius 2 is 1.76 bits per heavy atom. The van der Waals surface area contributed by atoms with E-state index in [2.05, 4.69) is 20.3 Å². The number of carbonyl (C=O) groups excluding carboxylic acids is 1. The van der Waals surface area contributed by atoms with Gasteiger partial charge in [-0.25, -0.2) is 14.6 Å². The molecule has 0 aliphatic carbocycles. The summed E-state index contributed by atoms with van der Waals surface area (Å²) in [6, 6.07) is 3.54. The fraction of sp³-hybridized carbons (Fsp3) is 0.400. The van der Waals surface area contributed by atoms with Gasteiger partial charge in [-0.15, -0.1) is 0 Å². The lowest BCUT2D eigenvalue weighted by Gasteiger charge is -2.28. The number of fused-ring (bicyclic) bond motifs is 1. The predicted octanol–water partition coefficient (Wildman–Crippen LogP) is 4.48. The topological polar surface area (TPSA) is 161 Å². The second-order valence-corrected chi connectivity index (χ2v) is 9.84.